The quantitative estimate of drug-likeness (QED) is 0.760. The fourth-order valence-electron chi connectivity index (χ4n) is 1.74. The average Bonchev–Trinajstić information content (AvgIpc) is 2.41. The van der Waals surface area contributed by atoms with E-state index in [0.717, 1.165) is 4.47 Å². The Morgan fingerprint density at radius 1 is 1.24 bits per heavy atom. The zero-order valence-corrected chi connectivity index (χ0v) is 14.2. The maximum atomic E-state index is 12.3. The summed E-state index contributed by atoms with van der Waals surface area (Å²) >= 11 is 15.3. The number of hydrogen-bond donors (Lipinski definition) is 1. The Hall–Kier alpha value is -1.23. The smallest absolute Gasteiger partial charge is 0.257 e. The highest BCUT2D eigenvalue weighted by Gasteiger charge is 2.13. The van der Waals surface area contributed by atoms with Gasteiger partial charge in [-0.25, -0.2) is 0 Å². The van der Waals surface area contributed by atoms with E-state index in [2.05, 4.69) is 21.2 Å². The Bertz CT molecular complexity index is 677. The van der Waals surface area contributed by atoms with Crippen molar-refractivity contribution in [3.8, 4) is 5.75 Å². The molecule has 1 amide bonds. The molecule has 0 bridgehead atoms. The molecule has 6 heteroatoms. The van der Waals surface area contributed by atoms with Crippen molar-refractivity contribution in [3.63, 3.8) is 0 Å². The van der Waals surface area contributed by atoms with Gasteiger partial charge in [0.25, 0.3) is 5.91 Å². The Morgan fingerprint density at radius 2 is 2.00 bits per heavy atom. The first kappa shape index (κ1) is 16.1. The molecule has 1 N–H and O–H groups in total. The van der Waals surface area contributed by atoms with Crippen LogP contribution in [0.4, 0.5) is 5.69 Å². The summed E-state index contributed by atoms with van der Waals surface area (Å²) in [4.78, 5) is 12.3. The van der Waals surface area contributed by atoms with E-state index in [4.69, 9.17) is 27.9 Å². The van der Waals surface area contributed by atoms with Crippen LogP contribution in [0.15, 0.2) is 40.9 Å². The highest BCUT2D eigenvalue weighted by molar-refractivity contribution is 9.10. The van der Waals surface area contributed by atoms with Crippen molar-refractivity contribution in [1.29, 1.82) is 0 Å². The number of halogens is 3. The van der Waals surface area contributed by atoms with Gasteiger partial charge < -0.3 is 10.1 Å². The second-order valence-electron chi connectivity index (χ2n) is 4.15. The molecule has 21 heavy (non-hydrogen) atoms. The summed E-state index contributed by atoms with van der Waals surface area (Å²) in [6.45, 7) is 2.36. The Labute approximate surface area is 141 Å². The van der Waals surface area contributed by atoms with Crippen LogP contribution in [0.2, 0.25) is 10.0 Å². The molecule has 0 saturated heterocycles. The lowest BCUT2D eigenvalue weighted by molar-refractivity contribution is 0.102. The summed E-state index contributed by atoms with van der Waals surface area (Å²) in [6.07, 6.45) is 0. The van der Waals surface area contributed by atoms with Crippen LogP contribution < -0.4 is 10.1 Å². The van der Waals surface area contributed by atoms with Gasteiger partial charge in [-0.2, -0.15) is 0 Å². The summed E-state index contributed by atoms with van der Waals surface area (Å²) in [5.41, 5.74) is 0.885. The van der Waals surface area contributed by atoms with Crippen molar-refractivity contribution in [3.05, 3.63) is 56.5 Å². The molecule has 2 aromatic carbocycles. The molecule has 0 spiro atoms. The first-order chi connectivity index (χ1) is 10.0. The van der Waals surface area contributed by atoms with Crippen LogP contribution in [-0.4, -0.2) is 12.5 Å². The van der Waals surface area contributed by atoms with Crippen molar-refractivity contribution in [2.75, 3.05) is 11.9 Å². The van der Waals surface area contributed by atoms with E-state index in [-0.39, 0.29) is 5.91 Å². The third-order valence-corrected chi connectivity index (χ3v) is 3.71. The third-order valence-electron chi connectivity index (χ3n) is 2.67. The van der Waals surface area contributed by atoms with Gasteiger partial charge in [0.15, 0.2) is 0 Å². The van der Waals surface area contributed by atoms with Crippen LogP contribution in [0.1, 0.15) is 17.3 Å². The van der Waals surface area contributed by atoms with Crippen molar-refractivity contribution in [2.45, 2.75) is 6.92 Å². The summed E-state index contributed by atoms with van der Waals surface area (Å²) < 4.78 is 6.27. The minimum absolute atomic E-state index is 0.323. The lowest BCUT2D eigenvalue weighted by atomic mass is 10.2. The number of carbonyl (C=O) groups excluding carboxylic acids is 1. The predicted molar refractivity (Wildman–Crippen MR) is 89.7 cm³/mol. The molecule has 0 heterocycles. The molecule has 3 nitrogen and oxygen atoms in total. The van der Waals surface area contributed by atoms with E-state index in [0.29, 0.717) is 33.7 Å². The lowest BCUT2D eigenvalue weighted by Crippen LogP contribution is -2.13. The zero-order valence-electron chi connectivity index (χ0n) is 11.1. The van der Waals surface area contributed by atoms with Crippen molar-refractivity contribution in [1.82, 2.24) is 0 Å². The van der Waals surface area contributed by atoms with E-state index in [1.807, 2.05) is 6.92 Å². The van der Waals surface area contributed by atoms with Gasteiger partial charge in [-0.15, -0.1) is 0 Å². The van der Waals surface area contributed by atoms with E-state index >= 15 is 0 Å². The first-order valence-corrected chi connectivity index (χ1v) is 7.75. The molecular weight excluding hydrogens is 377 g/mol. The SMILES string of the molecule is CCOc1ccc(Cl)cc1NC(=O)c1ccc(Br)cc1Cl. The highest BCUT2D eigenvalue weighted by Crippen LogP contribution is 2.29. The van der Waals surface area contributed by atoms with E-state index in [9.17, 15) is 4.79 Å². The normalized spacial score (nSPS) is 10.3. The Morgan fingerprint density at radius 3 is 2.67 bits per heavy atom. The van der Waals surface area contributed by atoms with Gasteiger partial charge in [-0.05, 0) is 43.3 Å². The summed E-state index contributed by atoms with van der Waals surface area (Å²) in [5.74, 6) is 0.235. The molecule has 2 rings (SSSR count). The number of benzene rings is 2. The van der Waals surface area contributed by atoms with E-state index < -0.39 is 0 Å². The molecular formula is C15H12BrCl2NO2. The van der Waals surface area contributed by atoms with Crippen LogP contribution in [0.3, 0.4) is 0 Å². The van der Waals surface area contributed by atoms with Gasteiger partial charge in [-0.1, -0.05) is 39.1 Å². The van der Waals surface area contributed by atoms with Crippen LogP contribution in [0, 0.1) is 0 Å². The van der Waals surface area contributed by atoms with E-state index in [1.165, 1.54) is 0 Å². The van der Waals surface area contributed by atoms with Gasteiger partial charge in [-0.3, -0.25) is 4.79 Å². The van der Waals surface area contributed by atoms with Gasteiger partial charge in [0.2, 0.25) is 0 Å². The number of nitrogens with one attached hydrogen (secondary N) is 1. The molecule has 0 aliphatic carbocycles. The van der Waals surface area contributed by atoms with Crippen molar-refractivity contribution < 1.29 is 9.53 Å². The van der Waals surface area contributed by atoms with Crippen LogP contribution in [0.5, 0.6) is 5.75 Å². The van der Waals surface area contributed by atoms with Crippen molar-refractivity contribution in [2.24, 2.45) is 0 Å². The third kappa shape index (κ3) is 4.13. The lowest BCUT2D eigenvalue weighted by Gasteiger charge is -2.12. The number of amides is 1. The van der Waals surface area contributed by atoms with Gasteiger partial charge in [0, 0.05) is 9.50 Å². The number of ether oxygens (including phenoxy) is 1. The number of carbonyl (C=O) groups is 1. The molecule has 0 fully saturated rings. The summed E-state index contributed by atoms with van der Waals surface area (Å²) in [6, 6.07) is 10.1. The average molecular weight is 389 g/mol. The molecule has 110 valence electrons. The topological polar surface area (TPSA) is 38.3 Å². The zero-order chi connectivity index (χ0) is 15.4. The van der Waals surface area contributed by atoms with Gasteiger partial charge >= 0.3 is 0 Å². The number of anilines is 1. The Balaban J connectivity index is 2.28. The minimum Gasteiger partial charge on any atom is -0.492 e. The van der Waals surface area contributed by atoms with Crippen LogP contribution in [-0.2, 0) is 0 Å². The second-order valence-corrected chi connectivity index (χ2v) is 5.91. The maximum absolute atomic E-state index is 12.3. The number of hydrogen-bond acceptors (Lipinski definition) is 2. The van der Waals surface area contributed by atoms with Gasteiger partial charge in [0.1, 0.15) is 5.75 Å². The summed E-state index contributed by atoms with van der Waals surface area (Å²) in [5, 5.41) is 3.64. The Kier molecular flexibility index (Phi) is 5.51. The van der Waals surface area contributed by atoms with E-state index in [1.54, 1.807) is 36.4 Å². The maximum Gasteiger partial charge on any atom is 0.257 e. The molecule has 0 radical (unpaired) electrons. The molecule has 2 aromatic rings. The molecule has 0 aliphatic heterocycles. The molecule has 0 saturated carbocycles. The van der Waals surface area contributed by atoms with Crippen molar-refractivity contribution >= 4 is 50.7 Å². The summed E-state index contributed by atoms with van der Waals surface area (Å²) in [7, 11) is 0. The molecule has 0 unspecified atom stereocenters. The standard InChI is InChI=1S/C15H12BrCl2NO2/c1-2-21-14-6-4-10(17)8-13(14)19-15(20)11-5-3-9(16)7-12(11)18/h3-8H,2H2,1H3,(H,19,20). The number of rotatable bonds is 4. The van der Waals surface area contributed by atoms with Crippen LogP contribution >= 0.6 is 39.1 Å². The van der Waals surface area contributed by atoms with Gasteiger partial charge in [0.05, 0.1) is 22.9 Å². The second kappa shape index (κ2) is 7.16. The largest absolute Gasteiger partial charge is 0.492 e. The molecule has 0 atom stereocenters. The van der Waals surface area contributed by atoms with Crippen LogP contribution in [0.25, 0.3) is 0 Å². The molecule has 0 aromatic heterocycles. The fraction of sp³-hybridized carbons (Fsp3) is 0.133. The first-order valence-electron chi connectivity index (χ1n) is 6.20. The predicted octanol–water partition coefficient (Wildman–Crippen LogP) is 5.41. The fourth-order valence-corrected chi connectivity index (χ4v) is 2.68. The highest BCUT2D eigenvalue weighted by atomic mass is 79.9. The monoisotopic (exact) mass is 387 g/mol. The molecule has 0 aliphatic rings. The minimum atomic E-state index is -0.323.